The van der Waals surface area contributed by atoms with Gasteiger partial charge in [0, 0.05) is 25.3 Å². The number of aliphatic hydroxyl groups is 1. The van der Waals surface area contributed by atoms with Crippen LogP contribution in [-0.4, -0.2) is 37.4 Å². The van der Waals surface area contributed by atoms with E-state index in [0.29, 0.717) is 6.42 Å². The van der Waals surface area contributed by atoms with Crippen LogP contribution in [0.3, 0.4) is 0 Å². The van der Waals surface area contributed by atoms with E-state index in [0.717, 1.165) is 18.2 Å². The lowest BCUT2D eigenvalue weighted by atomic mass is 10.1. The summed E-state index contributed by atoms with van der Waals surface area (Å²) in [6, 6.07) is 10.9. The van der Waals surface area contributed by atoms with Crippen molar-refractivity contribution >= 4 is 6.08 Å². The molecule has 3 heterocycles. The van der Waals surface area contributed by atoms with Gasteiger partial charge in [-0.2, -0.15) is 0 Å². The third-order valence-corrected chi connectivity index (χ3v) is 4.64. The van der Waals surface area contributed by atoms with Crippen molar-refractivity contribution < 1.29 is 5.11 Å². The van der Waals surface area contributed by atoms with Gasteiger partial charge in [-0.05, 0) is 24.6 Å². The minimum absolute atomic E-state index is 0.161. The Morgan fingerprint density at radius 1 is 1.13 bits per heavy atom. The molecule has 0 fully saturated rings. The Morgan fingerprint density at radius 3 is 2.74 bits per heavy atom. The molecular formula is C18H20N4O. The quantitative estimate of drug-likeness (QED) is 0.941. The first-order valence-corrected chi connectivity index (χ1v) is 8.00. The SMILES string of the molecule is Cc1nnc2n1C1C=C(CCO)N(Cc3ccccc3)C1C=C2. The minimum atomic E-state index is 0.161. The van der Waals surface area contributed by atoms with E-state index < -0.39 is 0 Å². The van der Waals surface area contributed by atoms with Gasteiger partial charge in [0.15, 0.2) is 5.82 Å². The van der Waals surface area contributed by atoms with E-state index in [2.05, 4.69) is 62.2 Å². The van der Waals surface area contributed by atoms with E-state index in [1.807, 2.05) is 13.0 Å². The number of aliphatic hydroxyl groups excluding tert-OH is 1. The number of benzene rings is 1. The number of nitrogens with zero attached hydrogens (tertiary/aromatic N) is 4. The van der Waals surface area contributed by atoms with Gasteiger partial charge < -0.3 is 14.6 Å². The predicted molar refractivity (Wildman–Crippen MR) is 88.4 cm³/mol. The van der Waals surface area contributed by atoms with E-state index in [1.54, 1.807) is 0 Å². The van der Waals surface area contributed by atoms with E-state index >= 15 is 0 Å². The first-order valence-electron chi connectivity index (χ1n) is 8.00. The van der Waals surface area contributed by atoms with Gasteiger partial charge in [0.2, 0.25) is 0 Å². The molecule has 5 nitrogen and oxygen atoms in total. The highest BCUT2D eigenvalue weighted by atomic mass is 16.3. The molecule has 118 valence electrons. The maximum absolute atomic E-state index is 9.44. The van der Waals surface area contributed by atoms with Crippen molar-refractivity contribution in [3.63, 3.8) is 0 Å². The summed E-state index contributed by atoms with van der Waals surface area (Å²) >= 11 is 0. The number of aryl methyl sites for hydroxylation is 1. The topological polar surface area (TPSA) is 54.2 Å². The zero-order valence-corrected chi connectivity index (χ0v) is 13.1. The van der Waals surface area contributed by atoms with Crippen LogP contribution in [0.1, 0.15) is 29.7 Å². The number of fused-ring (bicyclic) bond motifs is 3. The van der Waals surface area contributed by atoms with Gasteiger partial charge in [-0.25, -0.2) is 0 Å². The van der Waals surface area contributed by atoms with Gasteiger partial charge in [-0.3, -0.25) is 0 Å². The predicted octanol–water partition coefficient (Wildman–Crippen LogP) is 2.31. The van der Waals surface area contributed by atoms with Gasteiger partial charge in [-0.15, -0.1) is 10.2 Å². The zero-order valence-electron chi connectivity index (χ0n) is 13.1. The standard InChI is InChI=1S/C18H20N4O/c1-13-19-20-18-8-7-16-17(22(13)18)11-15(9-10-23)21(16)12-14-5-3-2-4-6-14/h2-8,11,16-17,23H,9-10,12H2,1H3. The summed E-state index contributed by atoms with van der Waals surface area (Å²) in [5, 5.41) is 17.9. The number of rotatable bonds is 4. The van der Waals surface area contributed by atoms with E-state index in [1.165, 1.54) is 11.3 Å². The fraction of sp³-hybridized carbons (Fsp3) is 0.333. The number of hydrogen-bond acceptors (Lipinski definition) is 4. The molecule has 5 heteroatoms. The summed E-state index contributed by atoms with van der Waals surface area (Å²) in [6.07, 6.45) is 7.18. The maximum atomic E-state index is 9.44. The van der Waals surface area contributed by atoms with E-state index in [9.17, 15) is 5.11 Å². The van der Waals surface area contributed by atoms with Gasteiger partial charge in [-0.1, -0.05) is 36.4 Å². The molecule has 2 aliphatic heterocycles. The van der Waals surface area contributed by atoms with Crippen molar-refractivity contribution in [3.8, 4) is 0 Å². The molecule has 1 N–H and O–H groups in total. The summed E-state index contributed by atoms with van der Waals surface area (Å²) in [6.45, 7) is 3.00. The molecule has 0 radical (unpaired) electrons. The van der Waals surface area contributed by atoms with Crippen molar-refractivity contribution in [1.29, 1.82) is 0 Å². The summed E-state index contributed by atoms with van der Waals surface area (Å²) in [5.41, 5.74) is 2.47. The third kappa shape index (κ3) is 2.37. The Bertz CT molecular complexity index is 763. The highest BCUT2D eigenvalue weighted by Crippen LogP contribution is 2.38. The lowest BCUT2D eigenvalue weighted by molar-refractivity contribution is 0.237. The molecule has 1 aromatic carbocycles. The molecule has 0 amide bonds. The van der Waals surface area contributed by atoms with Crippen molar-refractivity contribution in [2.75, 3.05) is 6.61 Å². The Kier molecular flexibility index (Phi) is 3.50. The molecule has 2 unspecified atom stereocenters. The maximum Gasteiger partial charge on any atom is 0.157 e. The van der Waals surface area contributed by atoms with Crippen LogP contribution in [0.4, 0.5) is 0 Å². The van der Waals surface area contributed by atoms with Crippen molar-refractivity contribution in [1.82, 2.24) is 19.7 Å². The largest absolute Gasteiger partial charge is 0.396 e. The Morgan fingerprint density at radius 2 is 1.96 bits per heavy atom. The highest BCUT2D eigenvalue weighted by Gasteiger charge is 2.37. The van der Waals surface area contributed by atoms with Crippen LogP contribution in [0.2, 0.25) is 0 Å². The molecule has 23 heavy (non-hydrogen) atoms. The van der Waals surface area contributed by atoms with Crippen molar-refractivity contribution in [2.45, 2.75) is 32.0 Å². The minimum Gasteiger partial charge on any atom is -0.396 e. The van der Waals surface area contributed by atoms with Crippen LogP contribution >= 0.6 is 0 Å². The van der Waals surface area contributed by atoms with Gasteiger partial charge in [0.25, 0.3) is 0 Å². The fourth-order valence-electron chi connectivity index (χ4n) is 3.59. The molecule has 0 saturated carbocycles. The fourth-order valence-corrected chi connectivity index (χ4v) is 3.59. The normalized spacial score (nSPS) is 22.0. The third-order valence-electron chi connectivity index (χ3n) is 4.64. The summed E-state index contributed by atoms with van der Waals surface area (Å²) < 4.78 is 2.19. The molecule has 2 aromatic rings. The van der Waals surface area contributed by atoms with Crippen LogP contribution in [-0.2, 0) is 6.54 Å². The Balaban J connectivity index is 1.70. The van der Waals surface area contributed by atoms with Crippen molar-refractivity contribution in [3.05, 3.63) is 65.4 Å². The first kappa shape index (κ1) is 14.2. The van der Waals surface area contributed by atoms with Crippen LogP contribution in [0.15, 0.2) is 48.2 Å². The zero-order chi connectivity index (χ0) is 15.8. The van der Waals surface area contributed by atoms with E-state index in [4.69, 9.17) is 0 Å². The summed E-state index contributed by atoms with van der Waals surface area (Å²) in [4.78, 5) is 2.38. The molecule has 1 aromatic heterocycles. The van der Waals surface area contributed by atoms with Gasteiger partial charge in [0.05, 0.1) is 12.1 Å². The average molecular weight is 308 g/mol. The first-order chi connectivity index (χ1) is 11.3. The lowest BCUT2D eigenvalue weighted by Gasteiger charge is -2.33. The molecule has 0 aliphatic carbocycles. The monoisotopic (exact) mass is 308 g/mol. The summed E-state index contributed by atoms with van der Waals surface area (Å²) in [5.74, 6) is 1.84. The lowest BCUT2D eigenvalue weighted by Crippen LogP contribution is -2.35. The Labute approximate surface area is 135 Å². The second kappa shape index (κ2) is 5.66. The second-order valence-electron chi connectivity index (χ2n) is 6.06. The van der Waals surface area contributed by atoms with Crippen LogP contribution in [0, 0.1) is 6.92 Å². The molecule has 0 saturated heterocycles. The van der Waals surface area contributed by atoms with Gasteiger partial charge in [0.1, 0.15) is 5.82 Å². The number of hydrogen-bond donors (Lipinski definition) is 1. The molecule has 0 spiro atoms. The number of aromatic nitrogens is 3. The molecular weight excluding hydrogens is 288 g/mol. The smallest absolute Gasteiger partial charge is 0.157 e. The van der Waals surface area contributed by atoms with Crippen LogP contribution in [0.25, 0.3) is 6.08 Å². The van der Waals surface area contributed by atoms with Crippen molar-refractivity contribution in [2.24, 2.45) is 0 Å². The second-order valence-corrected chi connectivity index (χ2v) is 6.06. The average Bonchev–Trinajstić information content (AvgIpc) is 3.10. The van der Waals surface area contributed by atoms with Crippen LogP contribution < -0.4 is 0 Å². The molecule has 2 atom stereocenters. The van der Waals surface area contributed by atoms with E-state index in [-0.39, 0.29) is 18.7 Å². The van der Waals surface area contributed by atoms with Gasteiger partial charge >= 0.3 is 0 Å². The summed E-state index contributed by atoms with van der Waals surface area (Å²) in [7, 11) is 0. The highest BCUT2D eigenvalue weighted by molar-refractivity contribution is 5.48. The molecule has 4 rings (SSSR count). The van der Waals surface area contributed by atoms with Crippen LogP contribution in [0.5, 0.6) is 0 Å². The molecule has 0 bridgehead atoms. The Hall–Kier alpha value is -2.40. The molecule has 2 aliphatic rings.